The van der Waals surface area contributed by atoms with Gasteiger partial charge in [0.25, 0.3) is 0 Å². The third-order valence-electron chi connectivity index (χ3n) is 2.34. The molecule has 17 heavy (non-hydrogen) atoms. The van der Waals surface area contributed by atoms with E-state index < -0.39 is 0 Å². The van der Waals surface area contributed by atoms with Crippen molar-refractivity contribution in [3.05, 3.63) is 36.0 Å². The Morgan fingerprint density at radius 1 is 1.47 bits per heavy atom. The first-order valence-electron chi connectivity index (χ1n) is 6.12. The predicted molar refractivity (Wildman–Crippen MR) is 71.3 cm³/mol. The van der Waals surface area contributed by atoms with E-state index in [9.17, 15) is 0 Å². The smallest absolute Gasteiger partial charge is 0.214 e. The van der Waals surface area contributed by atoms with Gasteiger partial charge in [-0.2, -0.15) is 0 Å². The average Bonchev–Trinajstić information content (AvgIpc) is 2.33. The number of nitrogens with zero attached hydrogens (tertiary/aromatic N) is 1. The van der Waals surface area contributed by atoms with Crippen molar-refractivity contribution in [1.29, 1.82) is 0 Å². The molecule has 0 unspecified atom stereocenters. The second-order valence-corrected chi connectivity index (χ2v) is 4.29. The van der Waals surface area contributed by atoms with Crippen molar-refractivity contribution in [3.63, 3.8) is 0 Å². The van der Waals surface area contributed by atoms with Gasteiger partial charge in [0.1, 0.15) is 6.61 Å². The van der Waals surface area contributed by atoms with E-state index in [1.165, 1.54) is 5.56 Å². The molecule has 0 amide bonds. The highest BCUT2D eigenvalue weighted by Crippen LogP contribution is 2.13. The molecule has 3 nitrogen and oxygen atoms in total. The van der Waals surface area contributed by atoms with Crippen molar-refractivity contribution in [1.82, 2.24) is 10.3 Å². The largest absolute Gasteiger partial charge is 0.473 e. The molecule has 0 fully saturated rings. The van der Waals surface area contributed by atoms with Crippen LogP contribution in [0.15, 0.2) is 24.8 Å². The second kappa shape index (κ2) is 7.07. The van der Waals surface area contributed by atoms with Crippen molar-refractivity contribution in [3.8, 4) is 5.88 Å². The molecular formula is C14H22N2O. The summed E-state index contributed by atoms with van der Waals surface area (Å²) in [5.74, 6) is 0.685. The maximum absolute atomic E-state index is 5.49. The van der Waals surface area contributed by atoms with E-state index in [4.69, 9.17) is 4.74 Å². The van der Waals surface area contributed by atoms with Gasteiger partial charge >= 0.3 is 0 Å². The van der Waals surface area contributed by atoms with Gasteiger partial charge in [-0.15, -0.1) is 0 Å². The zero-order valence-electron chi connectivity index (χ0n) is 11.0. The molecule has 1 heterocycles. The number of hydrogen-bond donors (Lipinski definition) is 1. The molecule has 0 aliphatic heterocycles. The maximum atomic E-state index is 5.49. The van der Waals surface area contributed by atoms with Crippen LogP contribution < -0.4 is 10.1 Å². The minimum atomic E-state index is 0.478. The molecule has 0 aromatic carbocycles. The normalized spacial score (nSPS) is 10.6. The number of rotatable bonds is 7. The van der Waals surface area contributed by atoms with E-state index in [-0.39, 0.29) is 0 Å². The Balaban J connectivity index is 2.77. The fourth-order valence-corrected chi connectivity index (χ4v) is 1.44. The maximum Gasteiger partial charge on any atom is 0.214 e. The second-order valence-electron chi connectivity index (χ2n) is 4.29. The monoisotopic (exact) mass is 234 g/mol. The molecule has 1 aromatic rings. The summed E-state index contributed by atoms with van der Waals surface area (Å²) < 4.78 is 5.49. The molecule has 1 aromatic heterocycles. The van der Waals surface area contributed by atoms with Crippen molar-refractivity contribution in [2.45, 2.75) is 39.8 Å². The third kappa shape index (κ3) is 5.00. The van der Waals surface area contributed by atoms with Crippen LogP contribution in [-0.4, -0.2) is 17.6 Å². The van der Waals surface area contributed by atoms with Gasteiger partial charge in [0.2, 0.25) is 5.88 Å². The molecule has 1 N–H and O–H groups in total. The zero-order valence-corrected chi connectivity index (χ0v) is 11.0. The molecule has 0 saturated carbocycles. The van der Waals surface area contributed by atoms with Crippen LogP contribution in [0.25, 0.3) is 0 Å². The first kappa shape index (κ1) is 13.7. The summed E-state index contributed by atoms with van der Waals surface area (Å²) in [5, 5.41) is 3.39. The van der Waals surface area contributed by atoms with Crippen LogP contribution in [0.4, 0.5) is 0 Å². The van der Waals surface area contributed by atoms with E-state index in [1.54, 1.807) is 6.08 Å². The summed E-state index contributed by atoms with van der Waals surface area (Å²) in [5.41, 5.74) is 2.27. The van der Waals surface area contributed by atoms with Crippen LogP contribution in [0.2, 0.25) is 0 Å². The van der Waals surface area contributed by atoms with Crippen molar-refractivity contribution in [2.24, 2.45) is 0 Å². The number of pyridine rings is 1. The third-order valence-corrected chi connectivity index (χ3v) is 2.34. The number of aryl methyl sites for hydroxylation is 1. The average molecular weight is 234 g/mol. The minimum Gasteiger partial charge on any atom is -0.473 e. The summed E-state index contributed by atoms with van der Waals surface area (Å²) >= 11 is 0. The highest BCUT2D eigenvalue weighted by molar-refractivity contribution is 5.25. The fourth-order valence-electron chi connectivity index (χ4n) is 1.44. The standard InChI is InChI=1S/C14H22N2O/c1-5-7-17-14-9-12(10-15-11(3)4)8-13(6-2)16-14/h5,8-9,11,15H,1,6-7,10H2,2-4H3. The predicted octanol–water partition coefficient (Wildman–Crippen LogP) is 2.71. The first-order chi connectivity index (χ1) is 8.15. The molecular weight excluding hydrogens is 212 g/mol. The lowest BCUT2D eigenvalue weighted by molar-refractivity contribution is 0.347. The highest BCUT2D eigenvalue weighted by Gasteiger charge is 2.03. The van der Waals surface area contributed by atoms with Crippen LogP contribution in [-0.2, 0) is 13.0 Å². The molecule has 0 aliphatic carbocycles. The molecule has 0 aliphatic rings. The summed E-state index contributed by atoms with van der Waals surface area (Å²) in [6.07, 6.45) is 2.65. The van der Waals surface area contributed by atoms with Gasteiger partial charge in [-0.1, -0.05) is 33.4 Å². The van der Waals surface area contributed by atoms with E-state index >= 15 is 0 Å². The van der Waals surface area contributed by atoms with Crippen LogP contribution in [0, 0.1) is 0 Å². The molecule has 94 valence electrons. The summed E-state index contributed by atoms with van der Waals surface area (Å²) in [4.78, 5) is 4.42. The summed E-state index contributed by atoms with van der Waals surface area (Å²) in [6.45, 7) is 11.3. The Labute approximate surface area is 104 Å². The fraction of sp³-hybridized carbons (Fsp3) is 0.500. The van der Waals surface area contributed by atoms with Crippen LogP contribution in [0.1, 0.15) is 32.0 Å². The van der Waals surface area contributed by atoms with E-state index in [1.807, 2.05) is 6.07 Å². The van der Waals surface area contributed by atoms with E-state index in [0.29, 0.717) is 18.5 Å². The quantitative estimate of drug-likeness (QED) is 0.737. The summed E-state index contributed by atoms with van der Waals surface area (Å²) in [6, 6.07) is 4.58. The van der Waals surface area contributed by atoms with Gasteiger partial charge in [-0.05, 0) is 18.1 Å². The Hall–Kier alpha value is -1.35. The molecule has 0 spiro atoms. The Bertz CT molecular complexity index is 361. The van der Waals surface area contributed by atoms with Gasteiger partial charge in [0, 0.05) is 24.3 Å². The van der Waals surface area contributed by atoms with Gasteiger partial charge in [-0.25, -0.2) is 4.98 Å². The number of nitrogens with one attached hydrogen (secondary N) is 1. The SMILES string of the molecule is C=CCOc1cc(CNC(C)C)cc(CC)n1. The van der Waals surface area contributed by atoms with Gasteiger partial charge in [0.05, 0.1) is 0 Å². The van der Waals surface area contributed by atoms with Crippen molar-refractivity contribution in [2.75, 3.05) is 6.61 Å². The van der Waals surface area contributed by atoms with E-state index in [0.717, 1.165) is 18.7 Å². The molecule has 0 atom stereocenters. The van der Waals surface area contributed by atoms with Crippen LogP contribution in [0.5, 0.6) is 5.88 Å². The van der Waals surface area contributed by atoms with Crippen molar-refractivity contribution >= 4 is 0 Å². The number of aromatic nitrogens is 1. The van der Waals surface area contributed by atoms with Crippen molar-refractivity contribution < 1.29 is 4.74 Å². The molecule has 0 bridgehead atoms. The van der Waals surface area contributed by atoms with Crippen LogP contribution >= 0.6 is 0 Å². The molecule has 0 radical (unpaired) electrons. The first-order valence-corrected chi connectivity index (χ1v) is 6.12. The van der Waals surface area contributed by atoms with Gasteiger partial charge in [0.15, 0.2) is 0 Å². The molecule has 3 heteroatoms. The van der Waals surface area contributed by atoms with Gasteiger partial charge < -0.3 is 10.1 Å². The molecule has 0 saturated heterocycles. The van der Waals surface area contributed by atoms with E-state index in [2.05, 4.69) is 43.7 Å². The highest BCUT2D eigenvalue weighted by atomic mass is 16.5. The topological polar surface area (TPSA) is 34.1 Å². The minimum absolute atomic E-state index is 0.478. The van der Waals surface area contributed by atoms with Crippen LogP contribution in [0.3, 0.4) is 0 Å². The zero-order chi connectivity index (χ0) is 12.7. The molecule has 1 rings (SSSR count). The summed E-state index contributed by atoms with van der Waals surface area (Å²) in [7, 11) is 0. The van der Waals surface area contributed by atoms with Gasteiger partial charge in [-0.3, -0.25) is 0 Å². The number of hydrogen-bond acceptors (Lipinski definition) is 3. The lowest BCUT2D eigenvalue weighted by Gasteiger charge is -2.11. The Kier molecular flexibility index (Phi) is 5.70. The Morgan fingerprint density at radius 2 is 2.24 bits per heavy atom. The lowest BCUT2D eigenvalue weighted by Crippen LogP contribution is -2.22. The number of ether oxygens (including phenoxy) is 1. The lowest BCUT2D eigenvalue weighted by atomic mass is 10.2. The Morgan fingerprint density at radius 3 is 2.82 bits per heavy atom.